The van der Waals surface area contributed by atoms with Crippen LogP contribution in [0.15, 0.2) is 35.1 Å². The summed E-state index contributed by atoms with van der Waals surface area (Å²) in [4.78, 5) is 15.5. The SMILES string of the molecule is Cc1ccc(CNC(O)C(C)C)c(C)c1-c1nn(-c2ccc(C#CC(C)(C)C)c(F)c2)c(=O)[nH]1. The lowest BCUT2D eigenvalue weighted by atomic mass is 9.97. The summed E-state index contributed by atoms with van der Waals surface area (Å²) in [6.45, 7) is 14.1. The predicted molar refractivity (Wildman–Crippen MR) is 133 cm³/mol. The zero-order chi connectivity index (χ0) is 25.2. The van der Waals surface area contributed by atoms with Gasteiger partial charge in [0.2, 0.25) is 0 Å². The highest BCUT2D eigenvalue weighted by molar-refractivity contribution is 5.66. The Bertz CT molecular complexity index is 1300. The van der Waals surface area contributed by atoms with Crippen LogP contribution >= 0.6 is 0 Å². The number of aromatic nitrogens is 3. The Labute approximate surface area is 200 Å². The van der Waals surface area contributed by atoms with Gasteiger partial charge in [0.25, 0.3) is 0 Å². The number of aliphatic hydroxyl groups is 1. The molecule has 3 N–H and O–H groups in total. The largest absolute Gasteiger partial charge is 0.378 e. The van der Waals surface area contributed by atoms with Gasteiger partial charge in [-0.1, -0.05) is 37.8 Å². The van der Waals surface area contributed by atoms with Crippen LogP contribution < -0.4 is 11.0 Å². The molecular weight excluding hydrogens is 431 g/mol. The van der Waals surface area contributed by atoms with Crippen LogP contribution in [0, 0.1) is 42.8 Å². The van der Waals surface area contributed by atoms with Gasteiger partial charge in [0, 0.05) is 23.6 Å². The van der Waals surface area contributed by atoms with E-state index < -0.39 is 17.7 Å². The normalized spacial score (nSPS) is 12.5. The maximum atomic E-state index is 14.7. The van der Waals surface area contributed by atoms with E-state index in [9.17, 15) is 14.3 Å². The molecule has 0 amide bonds. The summed E-state index contributed by atoms with van der Waals surface area (Å²) in [6.07, 6.45) is -0.617. The van der Waals surface area contributed by atoms with Crippen LogP contribution in [-0.4, -0.2) is 26.1 Å². The molecule has 0 fully saturated rings. The summed E-state index contributed by atoms with van der Waals surface area (Å²) >= 11 is 0. The van der Waals surface area contributed by atoms with Gasteiger partial charge in [-0.05, 0) is 69.4 Å². The molecule has 3 aromatic rings. The van der Waals surface area contributed by atoms with Crippen LogP contribution in [0.4, 0.5) is 4.39 Å². The Balaban J connectivity index is 1.96. The maximum absolute atomic E-state index is 14.7. The van der Waals surface area contributed by atoms with E-state index in [-0.39, 0.29) is 16.9 Å². The third-order valence-corrected chi connectivity index (χ3v) is 5.54. The fraction of sp³-hybridized carbons (Fsp3) is 0.407. The summed E-state index contributed by atoms with van der Waals surface area (Å²) in [5, 5.41) is 17.7. The van der Waals surface area contributed by atoms with Gasteiger partial charge in [0.05, 0.1) is 11.3 Å². The van der Waals surface area contributed by atoms with Crippen molar-refractivity contribution in [3.63, 3.8) is 0 Å². The second-order valence-electron chi connectivity index (χ2n) is 9.97. The Morgan fingerprint density at radius 2 is 1.91 bits per heavy atom. The standard InChI is InChI=1S/C27H33FN4O2/c1-16(2)25(33)29-15-20-9-8-17(3)23(18(20)4)24-30-26(34)32(31-24)21-11-10-19(22(28)14-21)12-13-27(5,6)7/h8-11,14,16,25,29,33H,15H2,1-7H3,(H,30,31,34). The molecule has 0 radical (unpaired) electrons. The molecule has 1 unspecified atom stereocenters. The average molecular weight is 465 g/mol. The molecule has 7 heteroatoms. The highest BCUT2D eigenvalue weighted by Crippen LogP contribution is 2.27. The molecule has 2 aromatic carbocycles. The van der Waals surface area contributed by atoms with E-state index in [1.807, 2.05) is 60.6 Å². The average Bonchev–Trinajstić information content (AvgIpc) is 3.12. The van der Waals surface area contributed by atoms with Crippen LogP contribution in [0.2, 0.25) is 0 Å². The molecule has 0 bridgehead atoms. The Morgan fingerprint density at radius 3 is 2.53 bits per heavy atom. The minimum absolute atomic E-state index is 0.0866. The summed E-state index contributed by atoms with van der Waals surface area (Å²) < 4.78 is 15.8. The third-order valence-electron chi connectivity index (χ3n) is 5.54. The van der Waals surface area contributed by atoms with E-state index in [0.717, 1.165) is 26.9 Å². The second kappa shape index (κ2) is 9.96. The Kier molecular flexibility index (Phi) is 7.44. The lowest BCUT2D eigenvalue weighted by Gasteiger charge is -2.18. The molecule has 0 saturated carbocycles. The minimum Gasteiger partial charge on any atom is -0.378 e. The molecule has 180 valence electrons. The first-order valence-electron chi connectivity index (χ1n) is 11.4. The van der Waals surface area contributed by atoms with Crippen molar-refractivity contribution in [2.75, 3.05) is 0 Å². The van der Waals surface area contributed by atoms with Crippen LogP contribution in [0.25, 0.3) is 17.1 Å². The number of H-pyrrole nitrogens is 1. The number of nitrogens with one attached hydrogen (secondary N) is 2. The van der Waals surface area contributed by atoms with Gasteiger partial charge in [0.1, 0.15) is 12.0 Å². The summed E-state index contributed by atoms with van der Waals surface area (Å²) in [7, 11) is 0. The lowest BCUT2D eigenvalue weighted by Crippen LogP contribution is -2.33. The number of hydrogen-bond donors (Lipinski definition) is 3. The molecule has 0 aliphatic rings. The van der Waals surface area contributed by atoms with Crippen molar-refractivity contribution in [1.82, 2.24) is 20.1 Å². The molecule has 0 spiro atoms. The highest BCUT2D eigenvalue weighted by atomic mass is 19.1. The van der Waals surface area contributed by atoms with Crippen molar-refractivity contribution in [3.8, 4) is 28.9 Å². The highest BCUT2D eigenvalue weighted by Gasteiger charge is 2.17. The Morgan fingerprint density at radius 1 is 1.21 bits per heavy atom. The molecule has 0 aliphatic carbocycles. The zero-order valence-electron chi connectivity index (χ0n) is 20.9. The lowest BCUT2D eigenvalue weighted by molar-refractivity contribution is 0.0888. The van der Waals surface area contributed by atoms with E-state index in [2.05, 4.69) is 27.2 Å². The number of aryl methyl sites for hydroxylation is 1. The van der Waals surface area contributed by atoms with Crippen molar-refractivity contribution in [2.45, 2.75) is 61.2 Å². The van der Waals surface area contributed by atoms with Gasteiger partial charge in [-0.2, -0.15) is 4.68 Å². The molecule has 0 saturated heterocycles. The molecule has 34 heavy (non-hydrogen) atoms. The summed E-state index contributed by atoms with van der Waals surface area (Å²) in [5.74, 6) is 5.86. The van der Waals surface area contributed by atoms with Crippen molar-refractivity contribution in [1.29, 1.82) is 0 Å². The van der Waals surface area contributed by atoms with Crippen LogP contribution in [0.1, 0.15) is 56.9 Å². The summed E-state index contributed by atoms with van der Waals surface area (Å²) in [6, 6.07) is 8.42. The monoisotopic (exact) mass is 464 g/mol. The first-order valence-corrected chi connectivity index (χ1v) is 11.4. The number of benzene rings is 2. The van der Waals surface area contributed by atoms with E-state index in [4.69, 9.17) is 0 Å². The topological polar surface area (TPSA) is 82.9 Å². The minimum atomic E-state index is -0.617. The molecule has 3 rings (SSSR count). The number of rotatable bonds is 6. The number of aliphatic hydroxyl groups excluding tert-OH is 1. The molecule has 6 nitrogen and oxygen atoms in total. The Hall–Kier alpha value is -3.21. The van der Waals surface area contributed by atoms with Crippen LogP contribution in [0.5, 0.6) is 0 Å². The first kappa shape index (κ1) is 25.4. The van der Waals surface area contributed by atoms with Gasteiger partial charge < -0.3 is 5.11 Å². The van der Waals surface area contributed by atoms with E-state index >= 15 is 0 Å². The fourth-order valence-electron chi connectivity index (χ4n) is 3.50. The second-order valence-corrected chi connectivity index (χ2v) is 9.97. The first-order chi connectivity index (χ1) is 15.9. The van der Waals surface area contributed by atoms with Gasteiger partial charge in [0.15, 0.2) is 5.82 Å². The van der Waals surface area contributed by atoms with E-state index in [1.54, 1.807) is 12.1 Å². The number of hydrogen-bond acceptors (Lipinski definition) is 4. The van der Waals surface area contributed by atoms with Crippen LogP contribution in [-0.2, 0) is 6.54 Å². The van der Waals surface area contributed by atoms with Crippen molar-refractivity contribution < 1.29 is 9.50 Å². The van der Waals surface area contributed by atoms with Crippen molar-refractivity contribution >= 4 is 0 Å². The molecular formula is C27H33FN4O2. The number of nitrogens with zero attached hydrogens (tertiary/aromatic N) is 2. The number of aromatic amines is 1. The van der Waals surface area contributed by atoms with Gasteiger partial charge in [-0.25, -0.2) is 9.18 Å². The molecule has 1 heterocycles. The quantitative estimate of drug-likeness (QED) is 0.372. The zero-order valence-corrected chi connectivity index (χ0v) is 20.9. The smallest absolute Gasteiger partial charge is 0.348 e. The van der Waals surface area contributed by atoms with Gasteiger partial charge >= 0.3 is 5.69 Å². The number of halogens is 1. The van der Waals surface area contributed by atoms with Crippen molar-refractivity contribution in [3.05, 3.63) is 68.9 Å². The van der Waals surface area contributed by atoms with E-state index in [1.165, 1.54) is 6.07 Å². The fourth-order valence-corrected chi connectivity index (χ4v) is 3.50. The predicted octanol–water partition coefficient (Wildman–Crippen LogP) is 4.45. The van der Waals surface area contributed by atoms with Gasteiger partial charge in [-0.3, -0.25) is 10.3 Å². The van der Waals surface area contributed by atoms with Gasteiger partial charge in [-0.15, -0.1) is 5.10 Å². The third kappa shape index (κ3) is 5.82. The van der Waals surface area contributed by atoms with E-state index in [0.29, 0.717) is 18.1 Å². The van der Waals surface area contributed by atoms with Crippen molar-refractivity contribution in [2.24, 2.45) is 11.3 Å². The summed E-state index contributed by atoms with van der Waals surface area (Å²) in [5.41, 5.74) is 3.59. The molecule has 1 atom stereocenters. The van der Waals surface area contributed by atoms with Crippen LogP contribution in [0.3, 0.4) is 0 Å². The molecule has 0 aliphatic heterocycles. The maximum Gasteiger partial charge on any atom is 0.348 e. The molecule has 1 aromatic heterocycles.